The zero-order valence-corrected chi connectivity index (χ0v) is 44.7. The molecule has 0 spiro atoms. The summed E-state index contributed by atoms with van der Waals surface area (Å²) >= 11 is 3.52. The van der Waals surface area contributed by atoms with E-state index in [0.29, 0.717) is 33.5 Å². The van der Waals surface area contributed by atoms with E-state index in [0.717, 1.165) is 124 Å². The molecule has 5 aromatic heterocycles. The zero-order valence-electron chi connectivity index (χ0n) is 43.1. The number of nitrogens with zero attached hydrogens (tertiary/aromatic N) is 4. The fourth-order valence-electron chi connectivity index (χ4n) is 13.3. The van der Waals surface area contributed by atoms with Crippen molar-refractivity contribution in [2.24, 2.45) is 0 Å². The van der Waals surface area contributed by atoms with Crippen molar-refractivity contribution >= 4 is 129 Å². The smallest absolute Gasteiger partial charge is 0.157 e. The van der Waals surface area contributed by atoms with Gasteiger partial charge >= 0.3 is 0 Å². The molecular formula is C74H40N4OS2. The zero-order chi connectivity index (χ0) is 53.4. The van der Waals surface area contributed by atoms with Gasteiger partial charge in [-0.05, 0) is 52.1 Å². The largest absolute Gasteiger partial charge is 0.454 e. The highest BCUT2D eigenvalue weighted by atomic mass is 32.1. The molecule has 0 N–H and O–H groups in total. The SMILES string of the molecule is N#Cc1c(-n2c3ccccc3c3ccc4c5ccccc5sc4c32)c(C#N)c2oc3c(-c4ccccc4)c(-c4ccccc4)c(-c4ccccc4)c(-c4ccccc4)c3c2c1-n1c2ccccc2c2ccc3c4ccccc4sc3c21. The van der Waals surface area contributed by atoms with Crippen LogP contribution in [-0.2, 0) is 0 Å². The molecule has 7 heteroatoms. The van der Waals surface area contributed by atoms with E-state index in [-0.39, 0.29) is 5.56 Å². The van der Waals surface area contributed by atoms with Crippen molar-refractivity contribution in [1.82, 2.24) is 9.13 Å². The molecule has 12 aromatic carbocycles. The highest BCUT2D eigenvalue weighted by Crippen LogP contribution is 2.57. The summed E-state index contributed by atoms with van der Waals surface area (Å²) in [5, 5.41) is 35.4. The highest BCUT2D eigenvalue weighted by Gasteiger charge is 2.36. The van der Waals surface area contributed by atoms with Gasteiger partial charge in [-0.2, -0.15) is 10.5 Å². The Kier molecular flexibility index (Phi) is 9.82. The number of rotatable bonds is 6. The Morgan fingerprint density at radius 1 is 0.309 bits per heavy atom. The Balaban J connectivity index is 1.20. The van der Waals surface area contributed by atoms with Crippen molar-refractivity contribution in [3.63, 3.8) is 0 Å². The normalized spacial score (nSPS) is 11.9. The monoisotopic (exact) mass is 1060 g/mol. The van der Waals surface area contributed by atoms with Crippen LogP contribution < -0.4 is 0 Å². The molecule has 5 nitrogen and oxygen atoms in total. The van der Waals surface area contributed by atoms with Crippen LogP contribution in [0, 0.1) is 22.7 Å². The van der Waals surface area contributed by atoms with E-state index in [1.807, 2.05) is 6.07 Å². The molecule has 81 heavy (non-hydrogen) atoms. The van der Waals surface area contributed by atoms with E-state index in [1.54, 1.807) is 22.7 Å². The van der Waals surface area contributed by atoms with Crippen LogP contribution in [0.1, 0.15) is 11.1 Å². The van der Waals surface area contributed by atoms with Gasteiger partial charge < -0.3 is 13.6 Å². The van der Waals surface area contributed by atoms with Gasteiger partial charge in [-0.1, -0.05) is 218 Å². The van der Waals surface area contributed by atoms with E-state index in [4.69, 9.17) is 4.42 Å². The van der Waals surface area contributed by atoms with E-state index in [2.05, 4.69) is 258 Å². The van der Waals surface area contributed by atoms with Gasteiger partial charge in [0.1, 0.15) is 28.8 Å². The average Bonchev–Trinajstić information content (AvgIpc) is 4.47. The lowest BCUT2D eigenvalue weighted by molar-refractivity contribution is 0.668. The average molecular weight is 1070 g/mol. The molecule has 0 saturated carbocycles. The molecule has 17 rings (SSSR count). The third kappa shape index (κ3) is 6.33. The molecule has 0 fully saturated rings. The molecule has 0 aliphatic rings. The predicted molar refractivity (Wildman–Crippen MR) is 339 cm³/mol. The first-order valence-electron chi connectivity index (χ1n) is 27.0. The van der Waals surface area contributed by atoms with E-state index in [9.17, 15) is 10.5 Å². The minimum absolute atomic E-state index is 0.274. The summed E-state index contributed by atoms with van der Waals surface area (Å²) in [6, 6.07) is 91.2. The highest BCUT2D eigenvalue weighted by molar-refractivity contribution is 7.27. The first-order valence-corrected chi connectivity index (χ1v) is 28.7. The second-order valence-electron chi connectivity index (χ2n) is 20.7. The Bertz CT molecular complexity index is 5590. The molecular weight excluding hydrogens is 1020 g/mol. The van der Waals surface area contributed by atoms with Crippen molar-refractivity contribution < 1.29 is 4.42 Å². The first kappa shape index (κ1) is 45.5. The number of thiophene rings is 2. The lowest BCUT2D eigenvalue weighted by Gasteiger charge is -2.23. The van der Waals surface area contributed by atoms with Gasteiger partial charge in [-0.15, -0.1) is 22.7 Å². The summed E-state index contributed by atoms with van der Waals surface area (Å²) in [4.78, 5) is 0. The Morgan fingerprint density at radius 2 is 0.691 bits per heavy atom. The van der Waals surface area contributed by atoms with Crippen LogP contribution in [0.4, 0.5) is 0 Å². The number of hydrogen-bond acceptors (Lipinski definition) is 5. The lowest BCUT2D eigenvalue weighted by Crippen LogP contribution is -2.08. The van der Waals surface area contributed by atoms with Gasteiger partial charge in [0.25, 0.3) is 0 Å². The number of benzene rings is 12. The Morgan fingerprint density at radius 3 is 1.17 bits per heavy atom. The minimum Gasteiger partial charge on any atom is -0.454 e. The number of para-hydroxylation sites is 2. The predicted octanol–water partition coefficient (Wildman–Crippen LogP) is 20.9. The first-order chi connectivity index (χ1) is 40.2. The molecule has 0 bridgehead atoms. The maximum Gasteiger partial charge on any atom is 0.157 e. The molecule has 17 aromatic rings. The third-order valence-corrected chi connectivity index (χ3v) is 19.0. The number of hydrogen-bond donors (Lipinski definition) is 0. The van der Waals surface area contributed by atoms with Crippen molar-refractivity contribution in [2.45, 2.75) is 0 Å². The fraction of sp³-hybridized carbons (Fsp3) is 0. The van der Waals surface area contributed by atoms with Crippen LogP contribution in [0.15, 0.2) is 247 Å². The topological polar surface area (TPSA) is 70.6 Å². The van der Waals surface area contributed by atoms with Gasteiger partial charge in [-0.25, -0.2) is 0 Å². The molecule has 0 aliphatic heterocycles. The number of nitriles is 2. The van der Waals surface area contributed by atoms with Crippen LogP contribution in [0.2, 0.25) is 0 Å². The Labute approximate surface area is 471 Å². The molecule has 0 atom stereocenters. The molecule has 0 saturated heterocycles. The van der Waals surface area contributed by atoms with Gasteiger partial charge in [0.2, 0.25) is 0 Å². The molecule has 0 unspecified atom stereocenters. The number of aromatic nitrogens is 2. The maximum absolute atomic E-state index is 12.8. The summed E-state index contributed by atoms with van der Waals surface area (Å²) in [6.45, 7) is 0. The van der Waals surface area contributed by atoms with Crippen LogP contribution in [-0.4, -0.2) is 9.13 Å². The summed E-state index contributed by atoms with van der Waals surface area (Å²) in [6.07, 6.45) is 0. The fourth-order valence-corrected chi connectivity index (χ4v) is 15.8. The van der Waals surface area contributed by atoms with Crippen molar-refractivity contribution in [3.05, 3.63) is 254 Å². The van der Waals surface area contributed by atoms with Gasteiger partial charge in [0, 0.05) is 74.6 Å². The summed E-state index contributed by atoms with van der Waals surface area (Å²) in [5.74, 6) is 0. The lowest BCUT2D eigenvalue weighted by atomic mass is 9.80. The molecule has 0 amide bonds. The van der Waals surface area contributed by atoms with Crippen molar-refractivity contribution in [2.75, 3.05) is 0 Å². The molecule has 374 valence electrons. The quantitative estimate of drug-likeness (QED) is 0.167. The second-order valence-corrected chi connectivity index (χ2v) is 22.8. The summed E-state index contributed by atoms with van der Waals surface area (Å²) < 4.78 is 17.0. The van der Waals surface area contributed by atoms with Crippen LogP contribution >= 0.6 is 22.7 Å². The second kappa shape index (κ2) is 17.5. The molecule has 0 aliphatic carbocycles. The maximum atomic E-state index is 12.8. The van der Waals surface area contributed by atoms with Gasteiger partial charge in [0.05, 0.1) is 48.2 Å². The standard InChI is InChI=1S/C74H40N4OS2/c75-41-55-67(77-57-33-17-13-29-47(57)51-37-39-53-49-31-15-19-35-59(49)80-73(53)69(51)77)56(42-76)71-66(68(55)78-58-34-18-14-30-48(58)52-38-40-54-50-32-16-20-36-60(50)81-74(54)70(52)78)65-63(45-25-9-3-10-26-45)61(43-21-5-1-6-22-43)62(44-23-7-2-8-24-44)64(72(65)79-71)46-27-11-4-12-28-46/h1-40H. The Hall–Kier alpha value is -10.5. The summed E-state index contributed by atoms with van der Waals surface area (Å²) in [5.41, 5.74) is 14.3. The molecule has 5 heterocycles. The van der Waals surface area contributed by atoms with Crippen molar-refractivity contribution in [3.8, 4) is 68.0 Å². The van der Waals surface area contributed by atoms with E-state index in [1.165, 1.54) is 10.1 Å². The van der Waals surface area contributed by atoms with Crippen molar-refractivity contribution in [1.29, 1.82) is 10.5 Å². The van der Waals surface area contributed by atoms with Crippen LogP contribution in [0.3, 0.4) is 0 Å². The van der Waals surface area contributed by atoms with Gasteiger partial charge in [-0.3, -0.25) is 0 Å². The summed E-state index contributed by atoms with van der Waals surface area (Å²) in [7, 11) is 0. The minimum atomic E-state index is 0.274. The van der Waals surface area contributed by atoms with Crippen LogP contribution in [0.25, 0.3) is 162 Å². The number of furan rings is 1. The molecule has 0 radical (unpaired) electrons. The number of fused-ring (bicyclic) bond motifs is 17. The van der Waals surface area contributed by atoms with E-state index < -0.39 is 0 Å². The third-order valence-electron chi connectivity index (χ3n) is 16.6. The van der Waals surface area contributed by atoms with Gasteiger partial charge in [0.15, 0.2) is 5.58 Å². The van der Waals surface area contributed by atoms with E-state index >= 15 is 0 Å². The van der Waals surface area contributed by atoms with Crippen LogP contribution in [0.5, 0.6) is 0 Å².